The molecule has 1 fully saturated rings. The average molecular weight is 568 g/mol. The van der Waals surface area contributed by atoms with Gasteiger partial charge in [-0.05, 0) is 92.7 Å². The normalized spacial score (nSPS) is 20.6. The fourth-order valence-electron chi connectivity index (χ4n) is 5.27. The van der Waals surface area contributed by atoms with E-state index in [1.807, 2.05) is 41.3 Å². The summed E-state index contributed by atoms with van der Waals surface area (Å²) in [6, 6.07) is 16.6. The Kier molecular flexibility index (Phi) is 6.65. The number of aromatic nitrogens is 1. The van der Waals surface area contributed by atoms with Crippen molar-refractivity contribution in [2.45, 2.75) is 38.4 Å². The quantitative estimate of drug-likeness (QED) is 0.371. The van der Waals surface area contributed by atoms with Crippen LogP contribution in [-0.4, -0.2) is 37.4 Å². The summed E-state index contributed by atoms with van der Waals surface area (Å²) in [5.74, 6) is 0. The van der Waals surface area contributed by atoms with E-state index >= 15 is 0 Å². The number of sulfonamides is 1. The minimum absolute atomic E-state index is 0.136. The molecular weight excluding hydrogens is 538 g/mol. The fraction of sp³-hybridized carbons (Fsp3) is 0.286. The maximum absolute atomic E-state index is 11.7. The standard InChI is InChI=1S/C28H30ClN5O2S2/c1-17-16-28(2,3)33(4)24-15-22(29)21(14-20(17)24)26-25(23-8-6-7-13-30-23)31-27(37)34(26)19-11-9-18(10-12-19)32-38(5,35)36/h6-16,25-26,32H,1-5H3,(H,31,37)/t25-,26+/m1/s1. The Bertz CT molecular complexity index is 1540. The second-order valence-electron chi connectivity index (χ2n) is 10.3. The van der Waals surface area contributed by atoms with Gasteiger partial charge in [-0.15, -0.1) is 0 Å². The largest absolute Gasteiger partial charge is 0.365 e. The van der Waals surface area contributed by atoms with Gasteiger partial charge in [0.15, 0.2) is 5.11 Å². The minimum Gasteiger partial charge on any atom is -0.365 e. The van der Waals surface area contributed by atoms with E-state index in [-0.39, 0.29) is 17.6 Å². The Labute approximate surface area is 234 Å². The van der Waals surface area contributed by atoms with Crippen LogP contribution in [0.25, 0.3) is 5.57 Å². The van der Waals surface area contributed by atoms with Crippen LogP contribution < -0.4 is 19.8 Å². The van der Waals surface area contributed by atoms with Crippen molar-refractivity contribution in [1.29, 1.82) is 0 Å². The lowest BCUT2D eigenvalue weighted by atomic mass is 9.86. The summed E-state index contributed by atoms with van der Waals surface area (Å²) >= 11 is 12.9. The van der Waals surface area contributed by atoms with E-state index in [9.17, 15) is 8.42 Å². The molecule has 198 valence electrons. The second-order valence-corrected chi connectivity index (χ2v) is 12.9. The molecule has 5 rings (SSSR count). The molecule has 0 unspecified atom stereocenters. The molecule has 1 aromatic heterocycles. The molecule has 3 heterocycles. The predicted octanol–water partition coefficient (Wildman–Crippen LogP) is 5.92. The van der Waals surface area contributed by atoms with Gasteiger partial charge in [0.25, 0.3) is 0 Å². The van der Waals surface area contributed by atoms with Crippen molar-refractivity contribution in [2.75, 3.05) is 27.8 Å². The average Bonchev–Trinajstić information content (AvgIpc) is 3.19. The van der Waals surface area contributed by atoms with Gasteiger partial charge in [-0.3, -0.25) is 9.71 Å². The molecule has 0 saturated carbocycles. The molecule has 0 aliphatic carbocycles. The molecular formula is C28H30ClN5O2S2. The Morgan fingerprint density at radius 2 is 1.84 bits per heavy atom. The molecule has 2 aliphatic heterocycles. The number of anilines is 3. The summed E-state index contributed by atoms with van der Waals surface area (Å²) in [4.78, 5) is 8.90. The molecule has 7 nitrogen and oxygen atoms in total. The Balaban J connectivity index is 1.65. The zero-order valence-electron chi connectivity index (χ0n) is 21.9. The zero-order chi connectivity index (χ0) is 27.4. The van der Waals surface area contributed by atoms with Crippen LogP contribution in [0, 0.1) is 0 Å². The van der Waals surface area contributed by atoms with Crippen LogP contribution in [-0.2, 0) is 10.0 Å². The highest BCUT2D eigenvalue weighted by Gasteiger charge is 2.42. The number of fused-ring (bicyclic) bond motifs is 1. The number of rotatable bonds is 5. The van der Waals surface area contributed by atoms with Crippen LogP contribution in [0.15, 0.2) is 66.9 Å². The van der Waals surface area contributed by atoms with E-state index in [1.165, 1.54) is 5.57 Å². The van der Waals surface area contributed by atoms with Gasteiger partial charge in [0.05, 0.1) is 29.6 Å². The SMILES string of the molecule is CC1=CC(C)(C)N(C)c2cc(Cl)c([C@H]3[C@@H](c4ccccn4)NC(=S)N3c3ccc(NS(C)(=O)=O)cc3)cc21. The molecule has 2 aromatic carbocycles. The molecule has 2 atom stereocenters. The van der Waals surface area contributed by atoms with Crippen molar-refractivity contribution in [1.82, 2.24) is 10.3 Å². The maximum atomic E-state index is 11.7. The van der Waals surface area contributed by atoms with Crippen molar-refractivity contribution >= 4 is 61.6 Å². The monoisotopic (exact) mass is 567 g/mol. The third-order valence-electron chi connectivity index (χ3n) is 7.20. The topological polar surface area (TPSA) is 77.6 Å². The van der Waals surface area contributed by atoms with E-state index in [1.54, 1.807) is 18.3 Å². The molecule has 38 heavy (non-hydrogen) atoms. The fourth-order valence-corrected chi connectivity index (χ4v) is 6.45. The number of likely N-dealkylation sites (N-methyl/N-ethyl adjacent to an activating group) is 1. The Morgan fingerprint density at radius 3 is 2.47 bits per heavy atom. The maximum Gasteiger partial charge on any atom is 0.229 e. The second kappa shape index (κ2) is 9.55. The number of allylic oxidation sites excluding steroid dienone is 1. The van der Waals surface area contributed by atoms with Gasteiger partial charge >= 0.3 is 0 Å². The van der Waals surface area contributed by atoms with Crippen molar-refractivity contribution < 1.29 is 8.42 Å². The molecule has 1 saturated heterocycles. The first-order chi connectivity index (χ1) is 17.9. The Hall–Kier alpha value is -3.14. The first-order valence-electron chi connectivity index (χ1n) is 12.2. The first-order valence-corrected chi connectivity index (χ1v) is 14.9. The number of pyridine rings is 1. The molecule has 0 radical (unpaired) electrons. The van der Waals surface area contributed by atoms with Gasteiger partial charge in [0, 0.05) is 40.9 Å². The van der Waals surface area contributed by atoms with Crippen molar-refractivity contribution in [3.8, 4) is 0 Å². The number of nitrogens with one attached hydrogen (secondary N) is 2. The molecule has 0 spiro atoms. The molecule has 2 aliphatic rings. The van der Waals surface area contributed by atoms with Crippen LogP contribution in [0.1, 0.15) is 49.7 Å². The highest BCUT2D eigenvalue weighted by Crippen LogP contribution is 2.48. The lowest BCUT2D eigenvalue weighted by molar-refractivity contribution is 0.567. The third-order valence-corrected chi connectivity index (χ3v) is 8.45. The molecule has 0 amide bonds. The van der Waals surface area contributed by atoms with Gasteiger partial charge in [-0.2, -0.15) is 0 Å². The zero-order valence-corrected chi connectivity index (χ0v) is 24.2. The number of nitrogens with zero attached hydrogens (tertiary/aromatic N) is 3. The van der Waals surface area contributed by atoms with Crippen LogP contribution in [0.5, 0.6) is 0 Å². The Morgan fingerprint density at radius 1 is 1.13 bits per heavy atom. The van der Waals surface area contributed by atoms with Crippen LogP contribution >= 0.6 is 23.8 Å². The van der Waals surface area contributed by atoms with E-state index in [4.69, 9.17) is 23.8 Å². The highest BCUT2D eigenvalue weighted by molar-refractivity contribution is 7.92. The summed E-state index contributed by atoms with van der Waals surface area (Å²) in [6.45, 7) is 6.49. The van der Waals surface area contributed by atoms with Gasteiger partial charge in [0.2, 0.25) is 10.0 Å². The summed E-state index contributed by atoms with van der Waals surface area (Å²) in [6.07, 6.45) is 5.16. The number of benzene rings is 2. The lowest BCUT2D eigenvalue weighted by Crippen LogP contribution is -2.42. The number of thiocarbonyl (C=S) groups is 1. The highest BCUT2D eigenvalue weighted by atomic mass is 35.5. The lowest BCUT2D eigenvalue weighted by Gasteiger charge is -2.41. The van der Waals surface area contributed by atoms with Crippen molar-refractivity contribution in [3.63, 3.8) is 0 Å². The van der Waals surface area contributed by atoms with E-state index in [0.717, 1.165) is 34.5 Å². The molecule has 2 N–H and O–H groups in total. The minimum atomic E-state index is -3.39. The van der Waals surface area contributed by atoms with Crippen LogP contribution in [0.2, 0.25) is 5.02 Å². The van der Waals surface area contributed by atoms with Gasteiger partial charge in [-0.1, -0.05) is 23.7 Å². The van der Waals surface area contributed by atoms with Gasteiger partial charge < -0.3 is 15.1 Å². The van der Waals surface area contributed by atoms with Crippen LogP contribution in [0.3, 0.4) is 0 Å². The van der Waals surface area contributed by atoms with E-state index in [2.05, 4.69) is 59.9 Å². The number of hydrogen-bond donors (Lipinski definition) is 2. The summed E-state index contributed by atoms with van der Waals surface area (Å²) in [7, 11) is -1.31. The molecule has 10 heteroatoms. The van der Waals surface area contributed by atoms with E-state index in [0.29, 0.717) is 15.8 Å². The van der Waals surface area contributed by atoms with Gasteiger partial charge in [-0.25, -0.2) is 8.42 Å². The summed E-state index contributed by atoms with van der Waals surface area (Å²) in [5.41, 5.74) is 6.31. The molecule has 0 bridgehead atoms. The van der Waals surface area contributed by atoms with Crippen molar-refractivity contribution in [3.05, 3.63) is 88.7 Å². The first kappa shape index (κ1) is 26.5. The predicted molar refractivity (Wildman–Crippen MR) is 160 cm³/mol. The number of halogens is 1. The van der Waals surface area contributed by atoms with Crippen LogP contribution in [0.4, 0.5) is 17.1 Å². The third kappa shape index (κ3) is 4.86. The molecule has 3 aromatic rings. The number of hydrogen-bond acceptors (Lipinski definition) is 5. The summed E-state index contributed by atoms with van der Waals surface area (Å²) in [5, 5.41) is 4.63. The van der Waals surface area contributed by atoms with E-state index < -0.39 is 10.0 Å². The van der Waals surface area contributed by atoms with Crippen molar-refractivity contribution in [2.24, 2.45) is 0 Å². The smallest absolute Gasteiger partial charge is 0.229 e. The van der Waals surface area contributed by atoms with Gasteiger partial charge in [0.1, 0.15) is 0 Å². The summed E-state index contributed by atoms with van der Waals surface area (Å²) < 4.78 is 25.9.